The van der Waals surface area contributed by atoms with Crippen LogP contribution in [-0.4, -0.2) is 28.7 Å². The number of hydrogen-bond acceptors (Lipinski definition) is 4. The number of nitrogens with zero attached hydrogens (tertiary/aromatic N) is 2. The number of hydrogen-bond donors (Lipinski definition) is 2. The predicted molar refractivity (Wildman–Crippen MR) is 59.6 cm³/mol. The molecule has 0 saturated heterocycles. The van der Waals surface area contributed by atoms with Gasteiger partial charge in [-0.05, 0) is 0 Å². The second-order valence-electron chi connectivity index (χ2n) is 2.93. The summed E-state index contributed by atoms with van der Waals surface area (Å²) >= 11 is 0. The minimum atomic E-state index is -0.349. The minimum absolute atomic E-state index is 0. The molecule has 1 aromatic rings. The molecule has 0 amide bonds. The molecule has 0 aliphatic rings. The number of rotatable bonds is 2. The zero-order valence-electron chi connectivity index (χ0n) is 9.21. The molecule has 0 fully saturated rings. The largest absolute Gasteiger partial charge is 0.412 e. The second-order valence-corrected chi connectivity index (χ2v) is 2.93. The van der Waals surface area contributed by atoms with E-state index in [1.54, 1.807) is 21.1 Å². The summed E-state index contributed by atoms with van der Waals surface area (Å²) in [5.41, 5.74) is -0.296. The molecule has 0 spiro atoms. The van der Waals surface area contributed by atoms with E-state index in [0.29, 0.717) is 11.5 Å². The van der Waals surface area contributed by atoms with E-state index in [2.05, 4.69) is 10.6 Å². The van der Waals surface area contributed by atoms with Crippen LogP contribution >= 0.6 is 0 Å². The average molecular weight is 216 g/mol. The van der Waals surface area contributed by atoms with Gasteiger partial charge in [-0.15, -0.1) is 0 Å². The van der Waals surface area contributed by atoms with E-state index in [4.69, 9.17) is 0 Å². The van der Waals surface area contributed by atoms with Crippen LogP contribution in [0, 0.1) is 0 Å². The fourth-order valence-electron chi connectivity index (χ4n) is 1.36. The standard InChI is InChI=1S/C8H14N4O2.H2O/c1-9-5-6(10-2)11(3)8(14)12(4)7(5)13;/h9-10H,1-4H3;1H2. The molecule has 1 rings (SSSR count). The third-order valence-electron chi connectivity index (χ3n) is 2.15. The molecule has 0 aliphatic heterocycles. The normalized spacial score (nSPS) is 9.33. The lowest BCUT2D eigenvalue weighted by atomic mass is 10.4. The second kappa shape index (κ2) is 4.65. The van der Waals surface area contributed by atoms with Crippen LogP contribution in [0.5, 0.6) is 0 Å². The first-order valence-corrected chi connectivity index (χ1v) is 4.20. The van der Waals surface area contributed by atoms with Gasteiger partial charge in [0.2, 0.25) is 0 Å². The first-order chi connectivity index (χ1) is 6.54. The predicted octanol–water partition coefficient (Wildman–Crippen LogP) is -1.66. The van der Waals surface area contributed by atoms with Crippen LogP contribution in [0.1, 0.15) is 0 Å². The molecule has 0 saturated carbocycles. The average Bonchev–Trinajstić information content (AvgIpc) is 2.20. The molecule has 0 unspecified atom stereocenters. The fraction of sp³-hybridized carbons (Fsp3) is 0.500. The number of anilines is 2. The Kier molecular flexibility index (Phi) is 4.10. The van der Waals surface area contributed by atoms with Gasteiger partial charge < -0.3 is 16.1 Å². The van der Waals surface area contributed by atoms with Gasteiger partial charge >= 0.3 is 5.69 Å². The van der Waals surface area contributed by atoms with E-state index >= 15 is 0 Å². The van der Waals surface area contributed by atoms with Gasteiger partial charge in [-0.2, -0.15) is 0 Å². The van der Waals surface area contributed by atoms with Crippen molar-refractivity contribution in [2.24, 2.45) is 14.1 Å². The van der Waals surface area contributed by atoms with Crippen LogP contribution in [-0.2, 0) is 14.1 Å². The highest BCUT2D eigenvalue weighted by Crippen LogP contribution is 2.11. The van der Waals surface area contributed by atoms with Crippen molar-refractivity contribution in [1.29, 1.82) is 0 Å². The van der Waals surface area contributed by atoms with E-state index < -0.39 is 0 Å². The summed E-state index contributed by atoms with van der Waals surface area (Å²) < 4.78 is 2.44. The maximum Gasteiger partial charge on any atom is 0.332 e. The lowest BCUT2D eigenvalue weighted by Crippen LogP contribution is -2.39. The van der Waals surface area contributed by atoms with Gasteiger partial charge in [-0.1, -0.05) is 0 Å². The van der Waals surface area contributed by atoms with Gasteiger partial charge in [0, 0.05) is 28.2 Å². The molecule has 0 atom stereocenters. The van der Waals surface area contributed by atoms with E-state index in [-0.39, 0.29) is 16.7 Å². The SMILES string of the molecule is CNc1c(NC)n(C)c(=O)n(C)c1=O.O. The van der Waals surface area contributed by atoms with E-state index in [1.165, 1.54) is 11.6 Å². The van der Waals surface area contributed by atoms with Crippen molar-refractivity contribution in [3.63, 3.8) is 0 Å². The Labute approximate surface area is 86.7 Å². The zero-order valence-corrected chi connectivity index (χ0v) is 9.21. The van der Waals surface area contributed by atoms with Gasteiger partial charge in [-0.25, -0.2) is 4.79 Å². The summed E-state index contributed by atoms with van der Waals surface area (Å²) in [5, 5.41) is 5.58. The molecular weight excluding hydrogens is 200 g/mol. The van der Waals surface area contributed by atoms with Crippen LogP contribution in [0.25, 0.3) is 0 Å². The quantitative estimate of drug-likeness (QED) is 0.618. The molecule has 0 aliphatic carbocycles. The summed E-state index contributed by atoms with van der Waals surface area (Å²) in [7, 11) is 6.36. The van der Waals surface area contributed by atoms with Crippen molar-refractivity contribution < 1.29 is 5.48 Å². The van der Waals surface area contributed by atoms with Crippen molar-refractivity contribution in [3.8, 4) is 0 Å². The van der Waals surface area contributed by atoms with Crippen LogP contribution in [0.3, 0.4) is 0 Å². The minimum Gasteiger partial charge on any atom is -0.412 e. The van der Waals surface area contributed by atoms with Crippen LogP contribution < -0.4 is 21.9 Å². The lowest BCUT2D eigenvalue weighted by Gasteiger charge is -2.13. The Hall–Kier alpha value is -1.76. The molecule has 0 bridgehead atoms. The Morgan fingerprint density at radius 3 is 1.93 bits per heavy atom. The molecule has 7 heteroatoms. The molecule has 7 nitrogen and oxygen atoms in total. The Morgan fingerprint density at radius 2 is 1.53 bits per heavy atom. The molecule has 0 radical (unpaired) electrons. The van der Waals surface area contributed by atoms with Gasteiger partial charge in [-0.3, -0.25) is 13.9 Å². The molecule has 4 N–H and O–H groups in total. The Balaban J connectivity index is 0.00000196. The van der Waals surface area contributed by atoms with Crippen molar-refractivity contribution in [1.82, 2.24) is 9.13 Å². The maximum absolute atomic E-state index is 11.6. The fourth-order valence-corrected chi connectivity index (χ4v) is 1.36. The van der Waals surface area contributed by atoms with Crippen LogP contribution in [0.2, 0.25) is 0 Å². The smallest absolute Gasteiger partial charge is 0.332 e. The Morgan fingerprint density at radius 1 is 1.00 bits per heavy atom. The highest BCUT2D eigenvalue weighted by Gasteiger charge is 2.12. The van der Waals surface area contributed by atoms with Crippen LogP contribution in [0.4, 0.5) is 11.5 Å². The van der Waals surface area contributed by atoms with Gasteiger partial charge in [0.1, 0.15) is 11.5 Å². The molecule has 1 heterocycles. The molecule has 1 aromatic heterocycles. The maximum atomic E-state index is 11.6. The number of nitrogens with one attached hydrogen (secondary N) is 2. The molecular formula is C8H16N4O3. The summed E-state index contributed by atoms with van der Waals surface area (Å²) in [5.74, 6) is 0.487. The third-order valence-corrected chi connectivity index (χ3v) is 2.15. The monoisotopic (exact) mass is 216 g/mol. The van der Waals surface area contributed by atoms with E-state index in [0.717, 1.165) is 4.57 Å². The summed E-state index contributed by atoms with van der Waals surface area (Å²) in [6.07, 6.45) is 0. The first kappa shape index (κ1) is 13.2. The molecule has 0 aromatic carbocycles. The van der Waals surface area contributed by atoms with Crippen LogP contribution in [0.15, 0.2) is 9.59 Å². The van der Waals surface area contributed by atoms with Crippen molar-refractivity contribution in [3.05, 3.63) is 20.8 Å². The summed E-state index contributed by atoms with van der Waals surface area (Å²) in [6, 6.07) is 0. The zero-order chi connectivity index (χ0) is 10.9. The van der Waals surface area contributed by atoms with Crippen molar-refractivity contribution in [2.75, 3.05) is 24.7 Å². The Bertz CT molecular complexity index is 460. The van der Waals surface area contributed by atoms with E-state index in [9.17, 15) is 9.59 Å². The molecule has 15 heavy (non-hydrogen) atoms. The third kappa shape index (κ3) is 1.86. The first-order valence-electron chi connectivity index (χ1n) is 4.20. The van der Waals surface area contributed by atoms with Gasteiger partial charge in [0.15, 0.2) is 0 Å². The van der Waals surface area contributed by atoms with Gasteiger partial charge in [0.05, 0.1) is 0 Å². The van der Waals surface area contributed by atoms with Crippen molar-refractivity contribution in [2.45, 2.75) is 0 Å². The van der Waals surface area contributed by atoms with E-state index in [1.807, 2.05) is 0 Å². The van der Waals surface area contributed by atoms with Gasteiger partial charge in [0.25, 0.3) is 5.56 Å². The number of aromatic nitrogens is 2. The highest BCUT2D eigenvalue weighted by molar-refractivity contribution is 5.62. The highest BCUT2D eigenvalue weighted by atomic mass is 16.2. The topological polar surface area (TPSA) is 99.6 Å². The summed E-state index contributed by atoms with van der Waals surface area (Å²) in [6.45, 7) is 0. The lowest BCUT2D eigenvalue weighted by molar-refractivity contribution is 0.694. The molecule has 86 valence electrons. The summed E-state index contributed by atoms with van der Waals surface area (Å²) in [4.78, 5) is 23.1. The van der Waals surface area contributed by atoms with Crippen molar-refractivity contribution >= 4 is 11.5 Å².